The van der Waals surface area contributed by atoms with Gasteiger partial charge in [0.05, 0.1) is 5.92 Å². The van der Waals surface area contributed by atoms with E-state index in [1.165, 1.54) is 0 Å². The van der Waals surface area contributed by atoms with Crippen molar-refractivity contribution in [3.8, 4) is 0 Å². The molecule has 6 nitrogen and oxygen atoms in total. The van der Waals surface area contributed by atoms with Gasteiger partial charge >= 0.3 is 12.0 Å². The van der Waals surface area contributed by atoms with Crippen molar-refractivity contribution in [2.45, 2.75) is 18.9 Å². The maximum atomic E-state index is 12.3. The van der Waals surface area contributed by atoms with Crippen LogP contribution < -0.4 is 10.2 Å². The molecule has 23 heavy (non-hydrogen) atoms. The van der Waals surface area contributed by atoms with Crippen LogP contribution in [0.25, 0.3) is 0 Å². The topological polar surface area (TPSA) is 72.9 Å². The summed E-state index contributed by atoms with van der Waals surface area (Å²) in [6.45, 7) is 2.51. The van der Waals surface area contributed by atoms with Crippen LogP contribution in [0.4, 0.5) is 10.5 Å². The van der Waals surface area contributed by atoms with Crippen molar-refractivity contribution in [3.05, 3.63) is 28.7 Å². The summed E-state index contributed by atoms with van der Waals surface area (Å²) in [5.74, 6) is -1.25. The average molecular weight is 382 g/mol. The van der Waals surface area contributed by atoms with E-state index in [-0.39, 0.29) is 12.1 Å². The first-order chi connectivity index (χ1) is 11.0. The summed E-state index contributed by atoms with van der Waals surface area (Å²) < 4.78 is 1.04. The van der Waals surface area contributed by atoms with Crippen LogP contribution in [0.2, 0.25) is 0 Å². The van der Waals surface area contributed by atoms with Crippen LogP contribution >= 0.6 is 15.9 Å². The number of rotatable bonds is 3. The zero-order chi connectivity index (χ0) is 16.4. The molecular formula is C16H20BrN3O3. The quantitative estimate of drug-likeness (QED) is 0.840. The van der Waals surface area contributed by atoms with Crippen LogP contribution in [-0.4, -0.2) is 54.2 Å². The van der Waals surface area contributed by atoms with Crippen molar-refractivity contribution >= 4 is 33.6 Å². The second-order valence-electron chi connectivity index (χ2n) is 6.13. The molecule has 2 fully saturated rings. The molecule has 0 spiro atoms. The molecular weight excluding hydrogens is 362 g/mol. The van der Waals surface area contributed by atoms with Crippen molar-refractivity contribution in [3.63, 3.8) is 0 Å². The van der Waals surface area contributed by atoms with E-state index < -0.39 is 11.9 Å². The minimum absolute atomic E-state index is 0.102. The third-order valence-corrected chi connectivity index (χ3v) is 5.01. The molecule has 2 aliphatic rings. The molecule has 2 saturated heterocycles. The lowest BCUT2D eigenvalue weighted by Crippen LogP contribution is -2.45. The number of hydrogen-bond acceptors (Lipinski definition) is 3. The summed E-state index contributed by atoms with van der Waals surface area (Å²) >= 11 is 3.48. The fourth-order valence-electron chi connectivity index (χ4n) is 3.20. The number of likely N-dealkylation sites (tertiary alicyclic amines) is 1. The molecule has 7 heteroatoms. The zero-order valence-electron chi connectivity index (χ0n) is 12.7. The third kappa shape index (κ3) is 3.77. The van der Waals surface area contributed by atoms with E-state index in [0.717, 1.165) is 29.7 Å². The van der Waals surface area contributed by atoms with Gasteiger partial charge in [0.2, 0.25) is 0 Å². The molecule has 0 aliphatic carbocycles. The average Bonchev–Trinajstić information content (AvgIpc) is 3.16. The van der Waals surface area contributed by atoms with Gasteiger partial charge in [-0.15, -0.1) is 0 Å². The molecule has 2 atom stereocenters. The van der Waals surface area contributed by atoms with Gasteiger partial charge in [0.15, 0.2) is 0 Å². The highest BCUT2D eigenvalue weighted by atomic mass is 79.9. The van der Waals surface area contributed by atoms with Crippen LogP contribution in [0.5, 0.6) is 0 Å². The lowest BCUT2D eigenvalue weighted by Gasteiger charge is -2.22. The predicted molar refractivity (Wildman–Crippen MR) is 90.6 cm³/mol. The van der Waals surface area contributed by atoms with Crippen molar-refractivity contribution in [2.75, 3.05) is 31.1 Å². The largest absolute Gasteiger partial charge is 0.481 e. The number of carboxylic acid groups (broad SMARTS) is 1. The number of carboxylic acids is 1. The van der Waals surface area contributed by atoms with Crippen LogP contribution in [-0.2, 0) is 4.79 Å². The van der Waals surface area contributed by atoms with E-state index >= 15 is 0 Å². The number of aliphatic carboxylic acids is 1. The van der Waals surface area contributed by atoms with Gasteiger partial charge in [-0.05, 0) is 31.0 Å². The minimum atomic E-state index is -0.818. The van der Waals surface area contributed by atoms with Crippen LogP contribution in [0.1, 0.15) is 12.8 Å². The summed E-state index contributed by atoms with van der Waals surface area (Å²) in [5.41, 5.74) is 1.14. The van der Waals surface area contributed by atoms with Crippen LogP contribution in [0, 0.1) is 5.92 Å². The maximum Gasteiger partial charge on any atom is 0.317 e. The highest BCUT2D eigenvalue weighted by Crippen LogP contribution is 2.24. The number of carbonyl (C=O) groups excluding carboxylic acids is 1. The van der Waals surface area contributed by atoms with Gasteiger partial charge in [-0.2, -0.15) is 0 Å². The Hall–Kier alpha value is -1.76. The fourth-order valence-corrected chi connectivity index (χ4v) is 3.58. The molecule has 1 aromatic carbocycles. The Kier molecular flexibility index (Phi) is 4.75. The highest BCUT2D eigenvalue weighted by molar-refractivity contribution is 9.10. The van der Waals surface area contributed by atoms with E-state index in [1.807, 2.05) is 12.1 Å². The molecule has 2 N–H and O–H groups in total. The van der Waals surface area contributed by atoms with E-state index in [1.54, 1.807) is 4.90 Å². The van der Waals surface area contributed by atoms with Crippen molar-refractivity contribution in [1.29, 1.82) is 0 Å². The number of anilines is 1. The van der Waals surface area contributed by atoms with Gasteiger partial charge in [-0.3, -0.25) is 4.79 Å². The smallest absolute Gasteiger partial charge is 0.317 e. The summed E-state index contributed by atoms with van der Waals surface area (Å²) in [6.07, 6.45) is 1.44. The van der Waals surface area contributed by atoms with Gasteiger partial charge < -0.3 is 20.2 Å². The number of urea groups is 1. The lowest BCUT2D eigenvalue weighted by molar-refractivity contribution is -0.141. The molecule has 0 bridgehead atoms. The second kappa shape index (κ2) is 6.78. The summed E-state index contributed by atoms with van der Waals surface area (Å²) in [5, 5.41) is 12.0. The fraction of sp³-hybridized carbons (Fsp3) is 0.500. The molecule has 0 saturated carbocycles. The normalized spacial score (nSPS) is 24.0. The third-order valence-electron chi connectivity index (χ3n) is 4.51. The number of hydrogen-bond donors (Lipinski definition) is 2. The predicted octanol–water partition coefficient (Wildman–Crippen LogP) is 2.14. The Morgan fingerprint density at radius 3 is 2.74 bits per heavy atom. The Morgan fingerprint density at radius 1 is 1.22 bits per heavy atom. The molecule has 0 aromatic heterocycles. The second-order valence-corrected chi connectivity index (χ2v) is 7.05. The van der Waals surface area contributed by atoms with E-state index in [9.17, 15) is 9.59 Å². The first kappa shape index (κ1) is 16.1. The molecule has 2 aliphatic heterocycles. The number of nitrogens with zero attached hydrogens (tertiary/aromatic N) is 2. The van der Waals surface area contributed by atoms with E-state index in [0.29, 0.717) is 19.5 Å². The highest BCUT2D eigenvalue weighted by Gasteiger charge is 2.32. The molecule has 0 radical (unpaired) electrons. The van der Waals surface area contributed by atoms with Gasteiger partial charge in [-0.25, -0.2) is 4.79 Å². The van der Waals surface area contributed by atoms with Crippen LogP contribution in [0.3, 0.4) is 0 Å². The number of benzene rings is 1. The zero-order valence-corrected chi connectivity index (χ0v) is 14.3. The standard InChI is InChI=1S/C16H20BrN3O3/c17-12-2-1-3-14(8-12)19-7-5-13(10-19)18-16(23)20-6-4-11(9-20)15(21)22/h1-3,8,11,13H,4-7,9-10H2,(H,18,23)(H,21,22). The van der Waals surface area contributed by atoms with Gasteiger partial charge in [0.25, 0.3) is 0 Å². The van der Waals surface area contributed by atoms with Crippen LogP contribution in [0.15, 0.2) is 28.7 Å². The van der Waals surface area contributed by atoms with Gasteiger partial charge in [0.1, 0.15) is 0 Å². The summed E-state index contributed by atoms with van der Waals surface area (Å²) in [7, 11) is 0. The molecule has 2 unspecified atom stereocenters. The molecule has 3 rings (SSSR count). The maximum absolute atomic E-state index is 12.3. The summed E-state index contributed by atoms with van der Waals surface area (Å²) in [4.78, 5) is 27.1. The van der Waals surface area contributed by atoms with E-state index in [2.05, 4.69) is 38.3 Å². The van der Waals surface area contributed by atoms with Gasteiger partial charge in [0, 0.05) is 42.4 Å². The molecule has 124 valence electrons. The number of amides is 2. The Labute approximate surface area is 143 Å². The van der Waals surface area contributed by atoms with Crippen molar-refractivity contribution < 1.29 is 14.7 Å². The molecule has 2 amide bonds. The lowest BCUT2D eigenvalue weighted by atomic mass is 10.1. The summed E-state index contributed by atoms with van der Waals surface area (Å²) in [6, 6.07) is 8.09. The first-order valence-corrected chi connectivity index (χ1v) is 8.61. The SMILES string of the molecule is O=C(O)C1CCN(C(=O)NC2CCN(c3cccc(Br)c3)C2)C1. The molecule has 2 heterocycles. The van der Waals surface area contributed by atoms with Crippen molar-refractivity contribution in [1.82, 2.24) is 10.2 Å². The Balaban J connectivity index is 1.52. The first-order valence-electron chi connectivity index (χ1n) is 7.81. The van der Waals surface area contributed by atoms with Crippen molar-refractivity contribution in [2.24, 2.45) is 5.92 Å². The monoisotopic (exact) mass is 381 g/mol. The number of halogens is 1. The minimum Gasteiger partial charge on any atom is -0.481 e. The molecule has 1 aromatic rings. The van der Waals surface area contributed by atoms with E-state index in [4.69, 9.17) is 5.11 Å². The van der Waals surface area contributed by atoms with Gasteiger partial charge in [-0.1, -0.05) is 22.0 Å². The Bertz CT molecular complexity index is 610. The number of nitrogens with one attached hydrogen (secondary N) is 1. The Morgan fingerprint density at radius 2 is 2.04 bits per heavy atom. The number of carbonyl (C=O) groups is 2.